The largest absolute Gasteiger partial charge is 0.356 e. The number of sulfonamides is 1. The molecule has 0 heterocycles. The molecule has 1 amide bonds. The molecule has 118 valence electrons. The molecule has 21 heavy (non-hydrogen) atoms. The summed E-state index contributed by atoms with van der Waals surface area (Å²) in [6.07, 6.45) is 2.42. The summed E-state index contributed by atoms with van der Waals surface area (Å²) < 4.78 is 24.1. The van der Waals surface area contributed by atoms with Gasteiger partial charge in [-0.3, -0.25) is 9.10 Å². The number of nitrogens with zero attached hydrogens (tertiary/aromatic N) is 1. The molecule has 1 N–H and O–H groups in total. The predicted octanol–water partition coefficient (Wildman–Crippen LogP) is 1.79. The molecular weight excluding hydrogens is 288 g/mol. The van der Waals surface area contributed by atoms with E-state index in [0.29, 0.717) is 24.6 Å². The Morgan fingerprint density at radius 3 is 2.29 bits per heavy atom. The minimum Gasteiger partial charge on any atom is -0.356 e. The first-order valence-corrected chi connectivity index (χ1v) is 8.84. The molecule has 0 saturated carbocycles. The number of nitrogens with one attached hydrogen (secondary N) is 1. The number of carbonyl (C=O) groups excluding carboxylic acids is 1. The maximum Gasteiger partial charge on any atom is 0.231 e. The van der Waals surface area contributed by atoms with Crippen LogP contribution < -0.4 is 9.62 Å². The Kier molecular flexibility index (Phi) is 6.20. The molecule has 0 unspecified atom stereocenters. The number of carbonyl (C=O) groups is 1. The van der Waals surface area contributed by atoms with Crippen molar-refractivity contribution in [1.29, 1.82) is 0 Å². The van der Waals surface area contributed by atoms with Crippen molar-refractivity contribution in [3.63, 3.8) is 0 Å². The molecule has 0 bridgehead atoms. The summed E-state index contributed by atoms with van der Waals surface area (Å²) in [4.78, 5) is 11.8. The highest BCUT2D eigenvalue weighted by atomic mass is 32.2. The Labute approximate surface area is 127 Å². The predicted molar refractivity (Wildman–Crippen MR) is 85.9 cm³/mol. The molecule has 6 heteroatoms. The highest BCUT2D eigenvalue weighted by Gasteiger charge is 2.11. The lowest BCUT2D eigenvalue weighted by molar-refractivity contribution is -0.120. The van der Waals surface area contributed by atoms with Crippen LogP contribution in [-0.2, 0) is 21.2 Å². The summed E-state index contributed by atoms with van der Waals surface area (Å²) in [5, 5.41) is 2.88. The summed E-state index contributed by atoms with van der Waals surface area (Å²) in [6, 6.07) is 6.97. The quantitative estimate of drug-likeness (QED) is 0.834. The van der Waals surface area contributed by atoms with Crippen LogP contribution in [-0.4, -0.2) is 34.2 Å². The van der Waals surface area contributed by atoms with Crippen molar-refractivity contribution in [2.45, 2.75) is 26.7 Å². The summed E-state index contributed by atoms with van der Waals surface area (Å²) in [5.74, 6) is 0.552. The van der Waals surface area contributed by atoms with Crippen LogP contribution >= 0.6 is 0 Å². The zero-order valence-corrected chi connectivity index (χ0v) is 13.9. The van der Waals surface area contributed by atoms with Crippen LogP contribution in [0.1, 0.15) is 25.8 Å². The third-order valence-corrected chi connectivity index (χ3v) is 4.41. The Morgan fingerprint density at radius 2 is 1.81 bits per heavy atom. The summed E-state index contributed by atoms with van der Waals surface area (Å²) in [6.45, 7) is 4.91. The van der Waals surface area contributed by atoms with E-state index in [1.165, 1.54) is 11.4 Å². The zero-order valence-electron chi connectivity index (χ0n) is 13.1. The molecular formula is C15H24N2O3S. The zero-order chi connectivity index (χ0) is 16.0. The fraction of sp³-hybridized carbons (Fsp3) is 0.533. The van der Waals surface area contributed by atoms with Crippen LogP contribution in [0.15, 0.2) is 24.3 Å². The monoisotopic (exact) mass is 312 g/mol. The normalized spacial score (nSPS) is 11.5. The molecule has 0 fully saturated rings. The van der Waals surface area contributed by atoms with E-state index in [2.05, 4.69) is 19.2 Å². The lowest BCUT2D eigenvalue weighted by Gasteiger charge is -2.16. The SMILES string of the molecule is CC(C)CCNC(=O)Cc1ccc(N(C)S(C)(=O)=O)cc1. The van der Waals surface area contributed by atoms with Crippen LogP contribution in [0.5, 0.6) is 0 Å². The van der Waals surface area contributed by atoms with E-state index in [9.17, 15) is 13.2 Å². The number of anilines is 1. The number of hydrogen-bond acceptors (Lipinski definition) is 3. The van der Waals surface area contributed by atoms with Crippen molar-refractivity contribution >= 4 is 21.6 Å². The molecule has 0 atom stereocenters. The fourth-order valence-electron chi connectivity index (χ4n) is 1.76. The van der Waals surface area contributed by atoms with Crippen molar-refractivity contribution in [3.8, 4) is 0 Å². The van der Waals surface area contributed by atoms with Gasteiger partial charge in [0.15, 0.2) is 0 Å². The highest BCUT2D eigenvalue weighted by Crippen LogP contribution is 2.16. The van der Waals surface area contributed by atoms with Crippen LogP contribution in [0.2, 0.25) is 0 Å². The van der Waals surface area contributed by atoms with Gasteiger partial charge in [0.1, 0.15) is 0 Å². The van der Waals surface area contributed by atoms with E-state index in [4.69, 9.17) is 0 Å². The van der Waals surface area contributed by atoms with Gasteiger partial charge in [-0.05, 0) is 30.0 Å². The number of amides is 1. The third-order valence-electron chi connectivity index (χ3n) is 3.21. The van der Waals surface area contributed by atoms with E-state index >= 15 is 0 Å². The second kappa shape index (κ2) is 7.45. The van der Waals surface area contributed by atoms with Crippen molar-refractivity contribution in [2.24, 2.45) is 5.92 Å². The van der Waals surface area contributed by atoms with Gasteiger partial charge in [0.25, 0.3) is 0 Å². The Bertz CT molecular complexity index is 565. The lowest BCUT2D eigenvalue weighted by atomic mass is 10.1. The average molecular weight is 312 g/mol. The van der Waals surface area contributed by atoms with Gasteiger partial charge in [0.2, 0.25) is 15.9 Å². The molecule has 0 radical (unpaired) electrons. The van der Waals surface area contributed by atoms with Gasteiger partial charge >= 0.3 is 0 Å². The molecule has 0 aliphatic heterocycles. The molecule has 5 nitrogen and oxygen atoms in total. The molecule has 1 rings (SSSR count). The van der Waals surface area contributed by atoms with Crippen LogP contribution in [0, 0.1) is 5.92 Å². The van der Waals surface area contributed by atoms with E-state index in [1.807, 2.05) is 0 Å². The molecule has 1 aromatic rings. The average Bonchev–Trinajstić information content (AvgIpc) is 2.37. The summed E-state index contributed by atoms with van der Waals surface area (Å²) >= 11 is 0. The molecule has 0 aliphatic rings. The molecule has 1 aromatic carbocycles. The maximum absolute atomic E-state index is 11.8. The summed E-state index contributed by atoms with van der Waals surface area (Å²) in [7, 11) is -1.75. The minimum atomic E-state index is -3.26. The van der Waals surface area contributed by atoms with E-state index in [1.54, 1.807) is 24.3 Å². The minimum absolute atomic E-state index is 0.0140. The number of hydrogen-bond donors (Lipinski definition) is 1. The van der Waals surface area contributed by atoms with Gasteiger partial charge in [0, 0.05) is 13.6 Å². The van der Waals surface area contributed by atoms with Crippen LogP contribution in [0.25, 0.3) is 0 Å². The number of benzene rings is 1. The standard InChI is InChI=1S/C15H24N2O3S/c1-12(2)9-10-16-15(18)11-13-5-7-14(8-6-13)17(3)21(4,19)20/h5-8,12H,9-11H2,1-4H3,(H,16,18). The topological polar surface area (TPSA) is 66.5 Å². The first-order valence-electron chi connectivity index (χ1n) is 6.99. The van der Waals surface area contributed by atoms with E-state index < -0.39 is 10.0 Å². The Hall–Kier alpha value is -1.56. The second-order valence-electron chi connectivity index (χ2n) is 5.61. The second-order valence-corrected chi connectivity index (χ2v) is 7.62. The van der Waals surface area contributed by atoms with Gasteiger partial charge in [-0.2, -0.15) is 0 Å². The van der Waals surface area contributed by atoms with Crippen molar-refractivity contribution in [1.82, 2.24) is 5.32 Å². The van der Waals surface area contributed by atoms with Crippen molar-refractivity contribution < 1.29 is 13.2 Å². The van der Waals surface area contributed by atoms with Crippen LogP contribution in [0.4, 0.5) is 5.69 Å². The third kappa shape index (κ3) is 6.16. The van der Waals surface area contributed by atoms with Crippen LogP contribution in [0.3, 0.4) is 0 Å². The molecule has 0 aliphatic carbocycles. The van der Waals surface area contributed by atoms with Crippen molar-refractivity contribution in [3.05, 3.63) is 29.8 Å². The Balaban J connectivity index is 2.57. The molecule has 0 aromatic heterocycles. The first-order chi connectivity index (χ1) is 9.70. The molecule has 0 saturated heterocycles. The molecule has 0 spiro atoms. The number of rotatable bonds is 7. The lowest BCUT2D eigenvalue weighted by Crippen LogP contribution is -2.27. The van der Waals surface area contributed by atoms with Gasteiger partial charge in [-0.15, -0.1) is 0 Å². The van der Waals surface area contributed by atoms with Gasteiger partial charge < -0.3 is 5.32 Å². The maximum atomic E-state index is 11.8. The Morgan fingerprint density at radius 1 is 1.24 bits per heavy atom. The highest BCUT2D eigenvalue weighted by molar-refractivity contribution is 7.92. The summed E-state index contributed by atoms with van der Waals surface area (Å²) in [5.41, 5.74) is 1.45. The van der Waals surface area contributed by atoms with Gasteiger partial charge in [-0.1, -0.05) is 26.0 Å². The smallest absolute Gasteiger partial charge is 0.231 e. The van der Waals surface area contributed by atoms with Gasteiger partial charge in [-0.25, -0.2) is 8.42 Å². The van der Waals surface area contributed by atoms with E-state index in [-0.39, 0.29) is 5.91 Å². The van der Waals surface area contributed by atoms with Crippen molar-refractivity contribution in [2.75, 3.05) is 24.2 Å². The van der Waals surface area contributed by atoms with Gasteiger partial charge in [0.05, 0.1) is 18.4 Å². The fourth-order valence-corrected chi connectivity index (χ4v) is 2.27. The first kappa shape index (κ1) is 17.5. The van der Waals surface area contributed by atoms with E-state index in [0.717, 1.165) is 18.2 Å².